The molecule has 4 amide bonds. The van der Waals surface area contributed by atoms with E-state index in [0.29, 0.717) is 30.9 Å². The van der Waals surface area contributed by atoms with Crippen LogP contribution in [0.25, 0.3) is 0 Å². The van der Waals surface area contributed by atoms with Crippen LogP contribution in [0.2, 0.25) is 0 Å². The molecule has 27 heavy (non-hydrogen) atoms. The van der Waals surface area contributed by atoms with Crippen molar-refractivity contribution in [3.8, 4) is 0 Å². The minimum Gasteiger partial charge on any atom is -0.465 e. The third-order valence-electron chi connectivity index (χ3n) is 4.77. The molecule has 3 atom stereocenters. The fourth-order valence-corrected chi connectivity index (χ4v) is 3.91. The van der Waals surface area contributed by atoms with Gasteiger partial charge in [0.25, 0.3) is 5.91 Å². The van der Waals surface area contributed by atoms with Crippen molar-refractivity contribution in [3.63, 3.8) is 0 Å². The van der Waals surface area contributed by atoms with Crippen LogP contribution in [-0.2, 0) is 24.3 Å². The Kier molecular flexibility index (Phi) is 5.41. The van der Waals surface area contributed by atoms with Gasteiger partial charge >= 0.3 is 22.5 Å². The Labute approximate surface area is 154 Å². The van der Waals surface area contributed by atoms with E-state index in [1.807, 2.05) is 0 Å². The summed E-state index contributed by atoms with van der Waals surface area (Å²) in [5.74, 6) is -0.594. The molecule has 0 aliphatic carbocycles. The Hall–Kier alpha value is -2.16. The number of fused-ring (bicyclic) bond motifs is 2. The summed E-state index contributed by atoms with van der Waals surface area (Å²) in [6.07, 6.45) is 0.174. The van der Waals surface area contributed by atoms with Gasteiger partial charge in [-0.25, -0.2) is 15.1 Å². The molecule has 0 radical (unpaired) electrons. The lowest BCUT2D eigenvalue weighted by Gasteiger charge is -2.32. The Balaban J connectivity index is 1.55. The average molecular weight is 408 g/mol. The molecule has 3 aliphatic heterocycles. The zero-order chi connectivity index (χ0) is 19.8. The second-order valence-electron chi connectivity index (χ2n) is 6.59. The second kappa shape index (κ2) is 7.46. The molecule has 3 N–H and O–H groups in total. The predicted molar refractivity (Wildman–Crippen MR) is 85.2 cm³/mol. The van der Waals surface area contributed by atoms with Crippen LogP contribution in [0.4, 0.5) is 9.59 Å². The summed E-state index contributed by atoms with van der Waals surface area (Å²) < 4.78 is 34.8. The molecule has 13 nitrogen and oxygen atoms in total. The van der Waals surface area contributed by atoms with Crippen LogP contribution in [0.5, 0.6) is 0 Å². The van der Waals surface area contributed by atoms with Gasteiger partial charge in [-0.1, -0.05) is 0 Å². The molecule has 3 aliphatic rings. The number of urea groups is 1. The van der Waals surface area contributed by atoms with E-state index in [1.54, 1.807) is 0 Å². The minimum atomic E-state index is -4.85. The van der Waals surface area contributed by atoms with Gasteiger partial charge in [0, 0.05) is 13.1 Å². The Morgan fingerprint density at radius 1 is 1.19 bits per heavy atom. The van der Waals surface area contributed by atoms with Crippen molar-refractivity contribution >= 4 is 28.4 Å². The Bertz CT molecular complexity index is 729. The monoisotopic (exact) mass is 408 g/mol. The van der Waals surface area contributed by atoms with Crippen LogP contribution in [0.1, 0.15) is 25.7 Å². The summed E-state index contributed by atoms with van der Waals surface area (Å²) in [4.78, 5) is 43.3. The third kappa shape index (κ3) is 4.40. The van der Waals surface area contributed by atoms with Crippen molar-refractivity contribution in [2.45, 2.75) is 43.9 Å². The molecule has 0 aromatic rings. The van der Waals surface area contributed by atoms with Crippen LogP contribution in [0.3, 0.4) is 0 Å². The molecule has 0 aromatic carbocycles. The fourth-order valence-electron chi connectivity index (χ4n) is 3.52. The number of carboxylic acid groups (broad SMARTS) is 1. The highest BCUT2D eigenvalue weighted by Gasteiger charge is 2.49. The molecule has 3 rings (SSSR count). The zero-order valence-electron chi connectivity index (χ0n) is 14.2. The number of hydrogen-bond donors (Lipinski definition) is 3. The van der Waals surface area contributed by atoms with Crippen LogP contribution >= 0.6 is 0 Å². The van der Waals surface area contributed by atoms with E-state index < -0.39 is 46.6 Å². The smallest absolute Gasteiger partial charge is 0.418 e. The summed E-state index contributed by atoms with van der Waals surface area (Å²) in [6, 6.07) is -2.32. The number of rotatable bonds is 5. The topological polar surface area (TPSA) is 166 Å². The molecule has 152 valence electrons. The lowest BCUT2D eigenvalue weighted by atomic mass is 10.0. The summed E-state index contributed by atoms with van der Waals surface area (Å²) in [5, 5.41) is 9.56. The molecular formula is C13H20N4O9S. The molecule has 0 saturated carbocycles. The normalized spacial score (nSPS) is 28.4. The summed E-state index contributed by atoms with van der Waals surface area (Å²) >= 11 is 0. The second-order valence-corrected chi connectivity index (χ2v) is 7.59. The summed E-state index contributed by atoms with van der Waals surface area (Å²) in [5.41, 5.74) is 2.27. The van der Waals surface area contributed by atoms with E-state index >= 15 is 0 Å². The van der Waals surface area contributed by atoms with Gasteiger partial charge in [-0.3, -0.25) is 14.2 Å². The molecule has 3 fully saturated rings. The zero-order valence-corrected chi connectivity index (χ0v) is 15.0. The van der Waals surface area contributed by atoms with Crippen LogP contribution in [0, 0.1) is 0 Å². The molecular weight excluding hydrogens is 388 g/mol. The van der Waals surface area contributed by atoms with Crippen LogP contribution in [-0.4, -0.2) is 88.8 Å². The summed E-state index contributed by atoms with van der Waals surface area (Å²) in [7, 11) is -4.85. The van der Waals surface area contributed by atoms with Crippen molar-refractivity contribution in [2.24, 2.45) is 0 Å². The first-order valence-corrected chi connectivity index (χ1v) is 9.72. The first kappa shape index (κ1) is 19.6. The number of hydroxylamine groups is 3. The number of hydrogen-bond acceptors (Lipinski definition) is 7. The predicted octanol–water partition coefficient (Wildman–Crippen LogP) is -0.820. The van der Waals surface area contributed by atoms with Crippen molar-refractivity contribution in [3.05, 3.63) is 0 Å². The number of amides is 4. The number of piperidine rings is 2. The average Bonchev–Trinajstić information content (AvgIpc) is 2.83. The number of likely N-dealkylation sites (tertiary alicyclic amines) is 1. The van der Waals surface area contributed by atoms with Gasteiger partial charge < -0.3 is 14.9 Å². The minimum absolute atomic E-state index is 0.0721. The maximum absolute atomic E-state index is 12.4. The van der Waals surface area contributed by atoms with Gasteiger partial charge in [0.05, 0.1) is 12.6 Å². The van der Waals surface area contributed by atoms with Gasteiger partial charge in [0.15, 0.2) is 0 Å². The SMILES string of the molecule is O=C(NO[C@H]1CCCN(C(=O)O)C1)[C@@H]1CC[C@@H]2CN1C(=O)N2OS(=O)(=O)O. The molecule has 14 heteroatoms. The lowest BCUT2D eigenvalue weighted by molar-refractivity contribution is -0.146. The van der Waals surface area contributed by atoms with Gasteiger partial charge in [0.1, 0.15) is 12.1 Å². The largest absolute Gasteiger partial charge is 0.465 e. The number of nitrogens with one attached hydrogen (secondary N) is 1. The van der Waals surface area contributed by atoms with Crippen LogP contribution in [0.15, 0.2) is 0 Å². The first-order chi connectivity index (χ1) is 12.7. The van der Waals surface area contributed by atoms with Crippen molar-refractivity contribution < 1.29 is 41.6 Å². The lowest BCUT2D eigenvalue weighted by Crippen LogP contribution is -2.51. The highest BCUT2D eigenvalue weighted by molar-refractivity contribution is 7.80. The van der Waals surface area contributed by atoms with Gasteiger partial charge in [-0.05, 0) is 25.7 Å². The van der Waals surface area contributed by atoms with Crippen molar-refractivity contribution in [1.82, 2.24) is 20.3 Å². The first-order valence-electron chi connectivity index (χ1n) is 8.36. The van der Waals surface area contributed by atoms with E-state index in [9.17, 15) is 22.8 Å². The molecule has 0 aromatic heterocycles. The van der Waals surface area contributed by atoms with E-state index in [2.05, 4.69) is 9.76 Å². The maximum atomic E-state index is 12.4. The number of nitrogens with zero attached hydrogens (tertiary/aromatic N) is 3. The van der Waals surface area contributed by atoms with Crippen molar-refractivity contribution in [2.75, 3.05) is 19.6 Å². The van der Waals surface area contributed by atoms with Gasteiger partial charge in [-0.2, -0.15) is 13.5 Å². The highest BCUT2D eigenvalue weighted by atomic mass is 32.3. The van der Waals surface area contributed by atoms with E-state index in [4.69, 9.17) is 14.5 Å². The molecule has 0 unspecified atom stereocenters. The molecule has 3 saturated heterocycles. The van der Waals surface area contributed by atoms with Gasteiger partial charge in [0.2, 0.25) is 0 Å². The van der Waals surface area contributed by atoms with E-state index in [0.717, 1.165) is 4.90 Å². The maximum Gasteiger partial charge on any atom is 0.418 e. The third-order valence-corrected chi connectivity index (χ3v) is 5.12. The number of carbonyl (C=O) groups excluding carboxylic acids is 2. The fraction of sp³-hybridized carbons (Fsp3) is 0.769. The van der Waals surface area contributed by atoms with Crippen molar-refractivity contribution in [1.29, 1.82) is 0 Å². The molecule has 3 heterocycles. The Morgan fingerprint density at radius 3 is 2.59 bits per heavy atom. The number of carbonyl (C=O) groups is 3. The molecule has 0 spiro atoms. The van der Waals surface area contributed by atoms with E-state index in [-0.39, 0.29) is 19.5 Å². The molecule has 2 bridgehead atoms. The summed E-state index contributed by atoms with van der Waals surface area (Å²) in [6.45, 7) is 0.600. The standard InChI is InChI=1S/C13H20N4O9S/c18-11(14-25-9-2-1-5-15(7-9)13(20)21)10-4-3-8-6-16(10)12(19)17(8)26-27(22,23)24/h8-10H,1-7H2,(H,14,18)(H,20,21)(H,22,23,24)/t8-,9+,10+/m1/s1. The van der Waals surface area contributed by atoms with E-state index in [1.165, 1.54) is 4.90 Å². The highest BCUT2D eigenvalue weighted by Crippen LogP contribution is 2.30. The quantitative estimate of drug-likeness (QED) is 0.389. The Morgan fingerprint density at radius 2 is 1.93 bits per heavy atom. The van der Waals surface area contributed by atoms with Gasteiger partial charge in [-0.15, -0.1) is 4.28 Å². The van der Waals surface area contributed by atoms with Crippen LogP contribution < -0.4 is 5.48 Å².